The molecule has 2 rings (SSSR count). The van der Waals surface area contributed by atoms with Gasteiger partial charge in [-0.25, -0.2) is 4.39 Å². The first-order valence-corrected chi connectivity index (χ1v) is 7.78. The van der Waals surface area contributed by atoms with Crippen LogP contribution in [0, 0.1) is 17.7 Å². The second-order valence-corrected chi connectivity index (χ2v) is 6.18. The third kappa shape index (κ3) is 3.58. The van der Waals surface area contributed by atoms with Gasteiger partial charge in [0.15, 0.2) is 0 Å². The summed E-state index contributed by atoms with van der Waals surface area (Å²) in [5.41, 5.74) is 6.69. The van der Waals surface area contributed by atoms with Gasteiger partial charge in [0.05, 0.1) is 0 Å². The Morgan fingerprint density at radius 2 is 1.90 bits per heavy atom. The van der Waals surface area contributed by atoms with Crippen molar-refractivity contribution >= 4 is 0 Å². The molecule has 3 unspecified atom stereocenters. The molecule has 1 aromatic rings. The highest BCUT2D eigenvalue weighted by molar-refractivity contribution is 5.20. The Balaban J connectivity index is 2.00. The normalized spacial score (nSPS) is 24.9. The predicted molar refractivity (Wildman–Crippen MR) is 81.9 cm³/mol. The van der Waals surface area contributed by atoms with Crippen LogP contribution in [0.25, 0.3) is 0 Å². The zero-order valence-electron chi connectivity index (χ0n) is 12.7. The fourth-order valence-electron chi connectivity index (χ4n) is 3.41. The van der Waals surface area contributed by atoms with Crippen LogP contribution in [-0.2, 0) is 0 Å². The van der Waals surface area contributed by atoms with Gasteiger partial charge in [-0.15, -0.1) is 0 Å². The standard InChI is InChI=1S/C17H27FN2/c1-13(16-9-5-6-10-17(16)18)20(2)12-15-8-4-3-7-14(15)11-19/h5-6,9-10,13-15H,3-4,7-8,11-12,19H2,1-2H3. The number of nitrogens with zero attached hydrogens (tertiary/aromatic N) is 1. The Morgan fingerprint density at radius 1 is 1.25 bits per heavy atom. The molecule has 1 fully saturated rings. The minimum atomic E-state index is -0.106. The van der Waals surface area contributed by atoms with Crippen molar-refractivity contribution in [1.29, 1.82) is 0 Å². The Kier molecular flexibility index (Phi) is 5.55. The van der Waals surface area contributed by atoms with E-state index >= 15 is 0 Å². The van der Waals surface area contributed by atoms with Gasteiger partial charge in [-0.2, -0.15) is 0 Å². The van der Waals surface area contributed by atoms with Crippen molar-refractivity contribution in [1.82, 2.24) is 4.90 Å². The molecule has 0 saturated heterocycles. The van der Waals surface area contributed by atoms with Crippen molar-refractivity contribution in [2.45, 2.75) is 38.6 Å². The van der Waals surface area contributed by atoms with E-state index < -0.39 is 0 Å². The highest BCUT2D eigenvalue weighted by Gasteiger charge is 2.26. The molecule has 2 nitrogen and oxygen atoms in total. The highest BCUT2D eigenvalue weighted by atomic mass is 19.1. The first-order chi connectivity index (χ1) is 9.63. The van der Waals surface area contributed by atoms with E-state index in [-0.39, 0.29) is 11.9 Å². The molecule has 2 N–H and O–H groups in total. The van der Waals surface area contributed by atoms with Crippen LogP contribution in [0.4, 0.5) is 4.39 Å². The summed E-state index contributed by atoms with van der Waals surface area (Å²) >= 11 is 0. The third-order valence-corrected chi connectivity index (χ3v) is 4.91. The maximum atomic E-state index is 13.9. The van der Waals surface area contributed by atoms with Gasteiger partial charge in [0.1, 0.15) is 5.82 Å². The van der Waals surface area contributed by atoms with E-state index in [2.05, 4.69) is 18.9 Å². The van der Waals surface area contributed by atoms with E-state index in [0.717, 1.165) is 18.7 Å². The quantitative estimate of drug-likeness (QED) is 0.892. The number of hydrogen-bond donors (Lipinski definition) is 1. The van der Waals surface area contributed by atoms with Crippen molar-refractivity contribution in [3.63, 3.8) is 0 Å². The fourth-order valence-corrected chi connectivity index (χ4v) is 3.41. The van der Waals surface area contributed by atoms with Crippen molar-refractivity contribution in [3.8, 4) is 0 Å². The topological polar surface area (TPSA) is 29.3 Å². The summed E-state index contributed by atoms with van der Waals surface area (Å²) < 4.78 is 13.9. The van der Waals surface area contributed by atoms with Crippen LogP contribution in [-0.4, -0.2) is 25.0 Å². The Labute approximate surface area is 122 Å². The number of halogens is 1. The molecule has 112 valence electrons. The second kappa shape index (κ2) is 7.19. The molecule has 3 heteroatoms. The van der Waals surface area contributed by atoms with Crippen LogP contribution in [0.15, 0.2) is 24.3 Å². The van der Waals surface area contributed by atoms with Crippen molar-refractivity contribution in [3.05, 3.63) is 35.6 Å². The van der Waals surface area contributed by atoms with E-state index in [0.29, 0.717) is 11.8 Å². The summed E-state index contributed by atoms with van der Waals surface area (Å²) in [5, 5.41) is 0. The molecular formula is C17H27FN2. The van der Waals surface area contributed by atoms with Gasteiger partial charge >= 0.3 is 0 Å². The molecule has 0 bridgehead atoms. The summed E-state index contributed by atoms with van der Waals surface area (Å²) in [6, 6.07) is 7.20. The number of nitrogens with two attached hydrogens (primary N) is 1. The van der Waals surface area contributed by atoms with Gasteiger partial charge in [-0.1, -0.05) is 31.0 Å². The lowest BCUT2D eigenvalue weighted by Crippen LogP contribution is -2.36. The molecule has 0 spiro atoms. The lowest BCUT2D eigenvalue weighted by atomic mass is 9.79. The molecule has 1 aliphatic carbocycles. The summed E-state index contributed by atoms with van der Waals surface area (Å²) in [6.45, 7) is 3.88. The monoisotopic (exact) mass is 278 g/mol. The molecule has 0 aliphatic heterocycles. The van der Waals surface area contributed by atoms with Gasteiger partial charge in [-0.05, 0) is 51.3 Å². The average Bonchev–Trinajstić information content (AvgIpc) is 2.47. The lowest BCUT2D eigenvalue weighted by molar-refractivity contribution is 0.147. The SMILES string of the molecule is CC(c1ccccc1F)N(C)CC1CCCCC1CN. The maximum Gasteiger partial charge on any atom is 0.127 e. The minimum Gasteiger partial charge on any atom is -0.330 e. The van der Waals surface area contributed by atoms with Crippen LogP contribution >= 0.6 is 0 Å². The number of rotatable bonds is 5. The van der Waals surface area contributed by atoms with E-state index in [1.54, 1.807) is 12.1 Å². The van der Waals surface area contributed by atoms with Gasteiger partial charge < -0.3 is 5.73 Å². The molecular weight excluding hydrogens is 251 g/mol. The molecule has 3 atom stereocenters. The average molecular weight is 278 g/mol. The Bertz CT molecular complexity index is 421. The van der Waals surface area contributed by atoms with Crippen LogP contribution in [0.3, 0.4) is 0 Å². The van der Waals surface area contributed by atoms with Gasteiger partial charge in [0.25, 0.3) is 0 Å². The zero-order valence-corrected chi connectivity index (χ0v) is 12.7. The van der Waals surface area contributed by atoms with Crippen molar-refractivity contribution in [2.75, 3.05) is 20.1 Å². The maximum absolute atomic E-state index is 13.9. The van der Waals surface area contributed by atoms with E-state index in [1.165, 1.54) is 25.7 Å². The Hall–Kier alpha value is -0.930. The van der Waals surface area contributed by atoms with Gasteiger partial charge in [-0.3, -0.25) is 4.90 Å². The van der Waals surface area contributed by atoms with Gasteiger partial charge in [0, 0.05) is 18.2 Å². The van der Waals surface area contributed by atoms with Crippen LogP contribution in [0.1, 0.15) is 44.2 Å². The van der Waals surface area contributed by atoms with Crippen molar-refractivity contribution < 1.29 is 4.39 Å². The van der Waals surface area contributed by atoms with E-state index in [4.69, 9.17) is 5.73 Å². The summed E-state index contributed by atoms with van der Waals surface area (Å²) in [4.78, 5) is 2.27. The first kappa shape index (κ1) is 15.5. The summed E-state index contributed by atoms with van der Waals surface area (Å²) in [5.74, 6) is 1.19. The lowest BCUT2D eigenvalue weighted by Gasteiger charge is -2.36. The van der Waals surface area contributed by atoms with Crippen LogP contribution in [0.5, 0.6) is 0 Å². The molecule has 0 heterocycles. The smallest absolute Gasteiger partial charge is 0.127 e. The minimum absolute atomic E-state index is 0.106. The summed E-state index contributed by atoms with van der Waals surface area (Å²) in [6.07, 6.45) is 5.13. The van der Waals surface area contributed by atoms with E-state index in [1.807, 2.05) is 12.1 Å². The third-order valence-electron chi connectivity index (χ3n) is 4.91. The fraction of sp³-hybridized carbons (Fsp3) is 0.647. The largest absolute Gasteiger partial charge is 0.330 e. The molecule has 1 saturated carbocycles. The van der Waals surface area contributed by atoms with Gasteiger partial charge in [0.2, 0.25) is 0 Å². The number of hydrogen-bond acceptors (Lipinski definition) is 2. The molecule has 1 aromatic carbocycles. The molecule has 0 aromatic heterocycles. The van der Waals surface area contributed by atoms with E-state index in [9.17, 15) is 4.39 Å². The zero-order chi connectivity index (χ0) is 14.5. The first-order valence-electron chi connectivity index (χ1n) is 7.78. The highest BCUT2D eigenvalue weighted by Crippen LogP contribution is 2.32. The Morgan fingerprint density at radius 3 is 2.55 bits per heavy atom. The van der Waals surface area contributed by atoms with Crippen LogP contribution < -0.4 is 5.73 Å². The van der Waals surface area contributed by atoms with Crippen molar-refractivity contribution in [2.24, 2.45) is 17.6 Å². The number of benzene rings is 1. The van der Waals surface area contributed by atoms with Crippen LogP contribution in [0.2, 0.25) is 0 Å². The second-order valence-electron chi connectivity index (χ2n) is 6.18. The predicted octanol–water partition coefficient (Wildman–Crippen LogP) is 3.58. The molecule has 0 radical (unpaired) electrons. The summed E-state index contributed by atoms with van der Waals surface area (Å²) in [7, 11) is 2.10. The molecule has 20 heavy (non-hydrogen) atoms. The molecule has 1 aliphatic rings. The molecule has 0 amide bonds.